The Kier molecular flexibility index (Phi) is 5.84. The van der Waals surface area contributed by atoms with Crippen LogP contribution in [0.3, 0.4) is 0 Å². The summed E-state index contributed by atoms with van der Waals surface area (Å²) in [4.78, 5) is 6.80. The molecular weight excluding hydrogens is 328 g/mol. The van der Waals surface area contributed by atoms with Crippen LogP contribution in [0.2, 0.25) is 0 Å². The van der Waals surface area contributed by atoms with E-state index in [1.807, 2.05) is 18.2 Å². The maximum absolute atomic E-state index is 5.97. The van der Waals surface area contributed by atoms with Crippen molar-refractivity contribution in [1.82, 2.24) is 15.5 Å². The van der Waals surface area contributed by atoms with E-state index in [0.29, 0.717) is 6.54 Å². The van der Waals surface area contributed by atoms with Gasteiger partial charge in [0.05, 0.1) is 19.8 Å². The molecular formula is C20H30N4O2. The van der Waals surface area contributed by atoms with Crippen molar-refractivity contribution in [2.75, 3.05) is 39.9 Å². The van der Waals surface area contributed by atoms with E-state index < -0.39 is 0 Å². The average molecular weight is 358 g/mol. The Hall–Kier alpha value is -2.05. The molecule has 3 rings (SSSR count). The van der Waals surface area contributed by atoms with Crippen molar-refractivity contribution in [3.05, 3.63) is 35.6 Å². The summed E-state index contributed by atoms with van der Waals surface area (Å²) < 4.78 is 11.4. The Morgan fingerprint density at radius 2 is 1.92 bits per heavy atom. The normalized spacial score (nSPS) is 16.8. The second-order valence-corrected chi connectivity index (χ2v) is 7.34. The molecule has 142 valence electrons. The first-order valence-corrected chi connectivity index (χ1v) is 9.25. The third kappa shape index (κ3) is 4.19. The van der Waals surface area contributed by atoms with Gasteiger partial charge >= 0.3 is 0 Å². The quantitative estimate of drug-likeness (QED) is 0.635. The van der Waals surface area contributed by atoms with Crippen LogP contribution in [0.5, 0.6) is 0 Å². The Labute approximate surface area is 155 Å². The lowest BCUT2D eigenvalue weighted by Gasteiger charge is -2.41. The highest BCUT2D eigenvalue weighted by Crippen LogP contribution is 2.24. The van der Waals surface area contributed by atoms with Crippen LogP contribution in [0.25, 0.3) is 11.0 Å². The Balaban J connectivity index is 1.56. The number of ether oxygens (including phenoxy) is 1. The molecule has 0 unspecified atom stereocenters. The zero-order valence-corrected chi connectivity index (χ0v) is 16.3. The van der Waals surface area contributed by atoms with E-state index in [0.717, 1.165) is 50.2 Å². The van der Waals surface area contributed by atoms with E-state index in [1.54, 1.807) is 7.05 Å². The van der Waals surface area contributed by atoms with Crippen molar-refractivity contribution >= 4 is 16.9 Å². The minimum absolute atomic E-state index is 0.0384. The van der Waals surface area contributed by atoms with E-state index in [1.165, 1.54) is 10.9 Å². The van der Waals surface area contributed by atoms with Crippen LogP contribution in [-0.4, -0.2) is 56.3 Å². The first kappa shape index (κ1) is 18.7. The van der Waals surface area contributed by atoms with Crippen LogP contribution >= 0.6 is 0 Å². The van der Waals surface area contributed by atoms with Gasteiger partial charge in [-0.05, 0) is 26.8 Å². The maximum atomic E-state index is 5.97. The van der Waals surface area contributed by atoms with Crippen molar-refractivity contribution in [2.45, 2.75) is 32.9 Å². The second kappa shape index (κ2) is 8.10. The van der Waals surface area contributed by atoms with Crippen LogP contribution in [-0.2, 0) is 11.3 Å². The molecule has 1 aliphatic heterocycles. The van der Waals surface area contributed by atoms with Crippen molar-refractivity contribution in [2.24, 2.45) is 4.99 Å². The molecule has 0 radical (unpaired) electrons. The lowest BCUT2D eigenvalue weighted by atomic mass is 10.0. The number of hydrogen-bond acceptors (Lipinski definition) is 4. The predicted octanol–water partition coefficient (Wildman–Crippen LogP) is 2.52. The second-order valence-electron chi connectivity index (χ2n) is 7.34. The molecule has 0 saturated carbocycles. The smallest absolute Gasteiger partial charge is 0.191 e. The predicted molar refractivity (Wildman–Crippen MR) is 106 cm³/mol. The van der Waals surface area contributed by atoms with E-state index in [4.69, 9.17) is 9.15 Å². The topological polar surface area (TPSA) is 62.0 Å². The zero-order chi connectivity index (χ0) is 18.6. The minimum atomic E-state index is 0.0384. The molecule has 0 atom stereocenters. The molecule has 0 aliphatic carbocycles. The number of guanidine groups is 1. The Morgan fingerprint density at radius 1 is 1.19 bits per heavy atom. The maximum Gasteiger partial charge on any atom is 0.191 e. The van der Waals surface area contributed by atoms with Gasteiger partial charge in [-0.2, -0.15) is 0 Å². The SMILES string of the molecule is CN=C(NCc1oc2ccccc2c1C)NCC(C)(C)N1CCOCC1. The minimum Gasteiger partial charge on any atom is -0.459 e. The molecule has 6 nitrogen and oxygen atoms in total. The number of morpholine rings is 1. The summed E-state index contributed by atoms with van der Waals surface area (Å²) in [5.74, 6) is 1.73. The molecule has 6 heteroatoms. The summed E-state index contributed by atoms with van der Waals surface area (Å²) in [6, 6.07) is 8.13. The van der Waals surface area contributed by atoms with Crippen molar-refractivity contribution in [1.29, 1.82) is 0 Å². The van der Waals surface area contributed by atoms with Crippen LogP contribution in [0.1, 0.15) is 25.2 Å². The number of benzene rings is 1. The molecule has 0 amide bonds. The summed E-state index contributed by atoms with van der Waals surface area (Å²) in [5.41, 5.74) is 2.15. The number of nitrogens with one attached hydrogen (secondary N) is 2. The van der Waals surface area contributed by atoms with Crippen LogP contribution in [0.4, 0.5) is 0 Å². The molecule has 2 N–H and O–H groups in total. The third-order valence-electron chi connectivity index (χ3n) is 5.14. The summed E-state index contributed by atoms with van der Waals surface area (Å²) in [6.45, 7) is 11.6. The number of hydrogen-bond donors (Lipinski definition) is 2. The average Bonchev–Trinajstić information content (AvgIpc) is 2.99. The third-order valence-corrected chi connectivity index (χ3v) is 5.14. The fraction of sp³-hybridized carbons (Fsp3) is 0.550. The Bertz CT molecular complexity index is 760. The van der Waals surface area contributed by atoms with Gasteiger partial charge in [0.2, 0.25) is 0 Å². The van der Waals surface area contributed by atoms with Gasteiger partial charge < -0.3 is 19.8 Å². The van der Waals surface area contributed by atoms with Gasteiger partial charge in [-0.25, -0.2) is 0 Å². The highest BCUT2D eigenvalue weighted by Gasteiger charge is 2.28. The molecule has 26 heavy (non-hydrogen) atoms. The van der Waals surface area contributed by atoms with E-state index in [-0.39, 0.29) is 5.54 Å². The molecule has 1 aromatic heterocycles. The standard InChI is InChI=1S/C20H30N4O2/c1-15-16-7-5-6-8-17(16)26-18(15)13-22-19(21-4)23-14-20(2,3)24-9-11-25-12-10-24/h5-8H,9-14H2,1-4H3,(H2,21,22,23). The number of aliphatic imine (C=N–C) groups is 1. The van der Waals surface area contributed by atoms with E-state index in [2.05, 4.69) is 47.4 Å². The largest absolute Gasteiger partial charge is 0.459 e. The Morgan fingerprint density at radius 3 is 2.62 bits per heavy atom. The molecule has 2 heterocycles. The lowest BCUT2D eigenvalue weighted by molar-refractivity contribution is -0.00834. The van der Waals surface area contributed by atoms with E-state index >= 15 is 0 Å². The monoisotopic (exact) mass is 358 g/mol. The number of aryl methyl sites for hydroxylation is 1. The molecule has 1 aliphatic rings. The number of nitrogens with zero attached hydrogens (tertiary/aromatic N) is 2. The van der Waals surface area contributed by atoms with Gasteiger partial charge in [-0.3, -0.25) is 9.89 Å². The van der Waals surface area contributed by atoms with Gasteiger partial charge in [0.1, 0.15) is 11.3 Å². The lowest BCUT2D eigenvalue weighted by Crippen LogP contribution is -2.56. The number of para-hydroxylation sites is 1. The van der Waals surface area contributed by atoms with Crippen LogP contribution in [0.15, 0.2) is 33.7 Å². The van der Waals surface area contributed by atoms with Gasteiger partial charge in [0.25, 0.3) is 0 Å². The fourth-order valence-electron chi connectivity index (χ4n) is 3.36. The van der Waals surface area contributed by atoms with Gasteiger partial charge in [-0.1, -0.05) is 18.2 Å². The van der Waals surface area contributed by atoms with Crippen molar-refractivity contribution < 1.29 is 9.15 Å². The van der Waals surface area contributed by atoms with Crippen molar-refractivity contribution in [3.8, 4) is 0 Å². The van der Waals surface area contributed by atoms with Crippen LogP contribution < -0.4 is 10.6 Å². The van der Waals surface area contributed by atoms with Gasteiger partial charge in [-0.15, -0.1) is 0 Å². The summed E-state index contributed by atoms with van der Waals surface area (Å²) in [7, 11) is 1.79. The first-order valence-electron chi connectivity index (χ1n) is 9.25. The fourth-order valence-corrected chi connectivity index (χ4v) is 3.36. The van der Waals surface area contributed by atoms with Gasteiger partial charge in [0.15, 0.2) is 5.96 Å². The van der Waals surface area contributed by atoms with Crippen LogP contribution in [0, 0.1) is 6.92 Å². The number of furan rings is 1. The molecule has 1 fully saturated rings. The van der Waals surface area contributed by atoms with E-state index in [9.17, 15) is 0 Å². The number of rotatable bonds is 5. The summed E-state index contributed by atoms with van der Waals surface area (Å²) in [6.07, 6.45) is 0. The van der Waals surface area contributed by atoms with Crippen molar-refractivity contribution in [3.63, 3.8) is 0 Å². The highest BCUT2D eigenvalue weighted by atomic mass is 16.5. The van der Waals surface area contributed by atoms with Gasteiger partial charge in [0, 0.05) is 43.2 Å². The molecule has 1 saturated heterocycles. The molecule has 1 aromatic carbocycles. The summed E-state index contributed by atoms with van der Waals surface area (Å²) >= 11 is 0. The molecule has 2 aromatic rings. The molecule has 0 bridgehead atoms. The summed E-state index contributed by atoms with van der Waals surface area (Å²) in [5, 5.41) is 7.98. The first-order chi connectivity index (χ1) is 12.5. The number of fused-ring (bicyclic) bond motifs is 1. The zero-order valence-electron chi connectivity index (χ0n) is 16.3. The molecule has 0 spiro atoms. The highest BCUT2D eigenvalue weighted by molar-refractivity contribution is 5.83.